The maximum Gasteiger partial charge on any atom is 0.261 e. The molecule has 0 aliphatic heterocycles. The van der Waals surface area contributed by atoms with Crippen molar-refractivity contribution in [3.8, 4) is 0 Å². The van der Waals surface area contributed by atoms with Gasteiger partial charge in [-0.2, -0.15) is 0 Å². The molecule has 0 bridgehead atoms. The van der Waals surface area contributed by atoms with Crippen LogP contribution >= 0.6 is 23.2 Å². The average Bonchev–Trinajstić information content (AvgIpc) is 2.72. The van der Waals surface area contributed by atoms with E-state index < -0.39 is 13.0 Å². The smallest absolute Gasteiger partial charge is 0.261 e. The van der Waals surface area contributed by atoms with Crippen LogP contribution in [0.2, 0.25) is 5.02 Å². The van der Waals surface area contributed by atoms with Crippen molar-refractivity contribution >= 4 is 34.2 Å². The number of nitrogens with zero attached hydrogens (tertiary/aromatic N) is 2. The number of imidazole rings is 1. The largest absolute Gasteiger partial charge is 0.374 e. The van der Waals surface area contributed by atoms with Gasteiger partial charge in [0.2, 0.25) is 0 Å². The Labute approximate surface area is 125 Å². The lowest BCUT2D eigenvalue weighted by Crippen LogP contribution is -2.13. The number of rotatable bonds is 7. The van der Waals surface area contributed by atoms with Crippen LogP contribution in [0.25, 0.3) is 11.0 Å². The van der Waals surface area contributed by atoms with Crippen molar-refractivity contribution in [3.63, 3.8) is 0 Å². The monoisotopic (exact) mass is 322 g/mol. The van der Waals surface area contributed by atoms with Crippen LogP contribution in [0.4, 0.5) is 8.78 Å². The zero-order valence-corrected chi connectivity index (χ0v) is 12.2. The van der Waals surface area contributed by atoms with E-state index in [0.717, 1.165) is 16.9 Å². The predicted octanol–water partition coefficient (Wildman–Crippen LogP) is 3.75. The fourth-order valence-corrected chi connectivity index (χ4v) is 2.34. The minimum atomic E-state index is -2.45. The van der Waals surface area contributed by atoms with Crippen molar-refractivity contribution in [1.82, 2.24) is 9.55 Å². The first-order valence-electron chi connectivity index (χ1n) is 6.18. The molecule has 0 fully saturated rings. The number of hydrogen-bond donors (Lipinski definition) is 0. The number of hydrogen-bond acceptors (Lipinski definition) is 2. The van der Waals surface area contributed by atoms with Crippen molar-refractivity contribution in [1.29, 1.82) is 0 Å². The summed E-state index contributed by atoms with van der Waals surface area (Å²) in [5.74, 6) is 1.24. The Bertz CT molecular complexity index is 575. The van der Waals surface area contributed by atoms with Crippen molar-refractivity contribution < 1.29 is 13.5 Å². The van der Waals surface area contributed by atoms with E-state index in [1.807, 2.05) is 10.6 Å². The number of aryl methyl sites for hydroxylation is 1. The summed E-state index contributed by atoms with van der Waals surface area (Å²) in [6.07, 6.45) is -1.85. The van der Waals surface area contributed by atoms with Gasteiger partial charge in [0.25, 0.3) is 6.43 Å². The van der Waals surface area contributed by atoms with E-state index in [0.29, 0.717) is 23.9 Å². The Hall–Kier alpha value is -0.910. The van der Waals surface area contributed by atoms with Gasteiger partial charge in [0.1, 0.15) is 12.4 Å². The lowest BCUT2D eigenvalue weighted by Gasteiger charge is -2.09. The standard InChI is InChI=1S/C13H14Cl2F2N2O/c14-4-3-13-18-10-7-9(15)1-2-11(10)19(13)5-6-20-8-12(16)17/h1-2,7,12H,3-6,8H2. The SMILES string of the molecule is FC(F)COCCn1c(CCCl)nc2cc(Cl)ccc21. The highest BCUT2D eigenvalue weighted by molar-refractivity contribution is 6.31. The van der Waals surface area contributed by atoms with Gasteiger partial charge in [-0.05, 0) is 18.2 Å². The zero-order valence-electron chi connectivity index (χ0n) is 10.7. The Morgan fingerprint density at radius 3 is 2.85 bits per heavy atom. The molecule has 0 N–H and O–H groups in total. The summed E-state index contributed by atoms with van der Waals surface area (Å²) in [6, 6.07) is 5.40. The second-order valence-electron chi connectivity index (χ2n) is 4.22. The number of benzene rings is 1. The second kappa shape index (κ2) is 7.20. The van der Waals surface area contributed by atoms with Crippen molar-refractivity contribution in [2.45, 2.75) is 19.4 Å². The van der Waals surface area contributed by atoms with E-state index in [4.69, 9.17) is 27.9 Å². The van der Waals surface area contributed by atoms with Crippen LogP contribution in [0.15, 0.2) is 18.2 Å². The molecule has 0 aliphatic rings. The van der Waals surface area contributed by atoms with E-state index in [9.17, 15) is 8.78 Å². The maximum atomic E-state index is 12.0. The van der Waals surface area contributed by atoms with Gasteiger partial charge in [-0.3, -0.25) is 0 Å². The van der Waals surface area contributed by atoms with Gasteiger partial charge in [0, 0.05) is 23.9 Å². The predicted molar refractivity (Wildman–Crippen MR) is 76.0 cm³/mol. The molecule has 0 amide bonds. The molecule has 1 heterocycles. The molecule has 0 atom stereocenters. The summed E-state index contributed by atoms with van der Waals surface area (Å²) in [5, 5.41) is 0.605. The van der Waals surface area contributed by atoms with E-state index >= 15 is 0 Å². The molecule has 20 heavy (non-hydrogen) atoms. The van der Waals surface area contributed by atoms with Crippen LogP contribution in [0, 0.1) is 0 Å². The minimum absolute atomic E-state index is 0.202. The van der Waals surface area contributed by atoms with Crippen LogP contribution < -0.4 is 0 Å². The summed E-state index contributed by atoms with van der Waals surface area (Å²) in [4.78, 5) is 4.47. The summed E-state index contributed by atoms with van der Waals surface area (Å²) in [7, 11) is 0. The zero-order chi connectivity index (χ0) is 14.5. The highest BCUT2D eigenvalue weighted by Gasteiger charge is 2.11. The number of ether oxygens (including phenoxy) is 1. The van der Waals surface area contributed by atoms with E-state index in [-0.39, 0.29) is 6.61 Å². The third kappa shape index (κ3) is 3.81. The fourth-order valence-electron chi connectivity index (χ4n) is 2.01. The molecule has 0 radical (unpaired) electrons. The Morgan fingerprint density at radius 1 is 1.35 bits per heavy atom. The first-order chi connectivity index (χ1) is 9.61. The van der Waals surface area contributed by atoms with Crippen molar-refractivity contribution in [2.75, 3.05) is 19.1 Å². The molecule has 0 unspecified atom stereocenters. The molecule has 1 aromatic heterocycles. The molecule has 1 aromatic carbocycles. The van der Waals surface area contributed by atoms with Gasteiger partial charge in [-0.15, -0.1) is 11.6 Å². The van der Waals surface area contributed by atoms with Gasteiger partial charge in [-0.25, -0.2) is 13.8 Å². The van der Waals surface area contributed by atoms with Crippen LogP contribution in [0.3, 0.4) is 0 Å². The normalized spacial score (nSPS) is 11.7. The molecule has 110 valence electrons. The average molecular weight is 323 g/mol. The first kappa shape index (κ1) is 15.5. The Kier molecular flexibility index (Phi) is 5.57. The Balaban J connectivity index is 2.17. The highest BCUT2D eigenvalue weighted by Crippen LogP contribution is 2.21. The van der Waals surface area contributed by atoms with E-state index in [1.165, 1.54) is 0 Å². The van der Waals surface area contributed by atoms with Crippen LogP contribution in [0.1, 0.15) is 5.82 Å². The molecule has 7 heteroatoms. The number of fused-ring (bicyclic) bond motifs is 1. The highest BCUT2D eigenvalue weighted by atomic mass is 35.5. The van der Waals surface area contributed by atoms with Crippen molar-refractivity contribution in [2.24, 2.45) is 0 Å². The third-order valence-corrected chi connectivity index (χ3v) is 3.23. The lowest BCUT2D eigenvalue weighted by molar-refractivity contribution is 0.0148. The van der Waals surface area contributed by atoms with Gasteiger partial charge < -0.3 is 9.30 Å². The lowest BCUT2D eigenvalue weighted by atomic mass is 10.3. The maximum absolute atomic E-state index is 12.0. The van der Waals surface area contributed by atoms with Gasteiger partial charge in [0.05, 0.1) is 17.6 Å². The minimum Gasteiger partial charge on any atom is -0.374 e. The quantitative estimate of drug-likeness (QED) is 0.573. The molecular weight excluding hydrogens is 309 g/mol. The second-order valence-corrected chi connectivity index (χ2v) is 5.03. The molecule has 0 spiro atoms. The molecule has 0 saturated carbocycles. The molecule has 2 rings (SSSR count). The summed E-state index contributed by atoms with van der Waals surface area (Å²) in [5.41, 5.74) is 1.67. The number of halogens is 4. The third-order valence-electron chi connectivity index (χ3n) is 2.81. The molecule has 3 nitrogen and oxygen atoms in total. The van der Waals surface area contributed by atoms with Crippen LogP contribution in [-0.2, 0) is 17.7 Å². The molecule has 2 aromatic rings. The van der Waals surface area contributed by atoms with Gasteiger partial charge in [0.15, 0.2) is 0 Å². The fraction of sp³-hybridized carbons (Fsp3) is 0.462. The Morgan fingerprint density at radius 2 is 2.15 bits per heavy atom. The van der Waals surface area contributed by atoms with Crippen molar-refractivity contribution in [3.05, 3.63) is 29.0 Å². The summed E-state index contributed by atoms with van der Waals surface area (Å²) in [6.45, 7) is 0.105. The van der Waals surface area contributed by atoms with Crippen LogP contribution in [-0.4, -0.2) is 35.1 Å². The summed E-state index contributed by atoms with van der Waals surface area (Å²) >= 11 is 11.7. The number of aromatic nitrogens is 2. The topological polar surface area (TPSA) is 27.1 Å². The first-order valence-corrected chi connectivity index (χ1v) is 7.09. The number of alkyl halides is 3. The molecule has 0 saturated heterocycles. The van der Waals surface area contributed by atoms with E-state index in [2.05, 4.69) is 4.98 Å². The van der Waals surface area contributed by atoms with E-state index in [1.54, 1.807) is 12.1 Å². The van der Waals surface area contributed by atoms with Crippen LogP contribution in [0.5, 0.6) is 0 Å². The molecular formula is C13H14Cl2F2N2O. The summed E-state index contributed by atoms with van der Waals surface area (Å²) < 4.78 is 30.9. The van der Waals surface area contributed by atoms with Gasteiger partial charge in [-0.1, -0.05) is 11.6 Å². The van der Waals surface area contributed by atoms with Gasteiger partial charge >= 0.3 is 0 Å². The molecule has 0 aliphatic carbocycles.